The van der Waals surface area contributed by atoms with Crippen molar-refractivity contribution >= 4 is 15.6 Å². The first-order valence-electron chi connectivity index (χ1n) is 4.40. The van der Waals surface area contributed by atoms with E-state index >= 15 is 0 Å². The van der Waals surface area contributed by atoms with Crippen molar-refractivity contribution in [3.05, 3.63) is 0 Å². The summed E-state index contributed by atoms with van der Waals surface area (Å²) in [6, 6.07) is 0. The molecule has 0 aromatic carbocycles. The summed E-state index contributed by atoms with van der Waals surface area (Å²) in [6.07, 6.45) is 0. The first kappa shape index (κ1) is 13.2. The van der Waals surface area contributed by atoms with E-state index in [9.17, 15) is 14.2 Å². The average molecular weight is 257 g/mol. The van der Waals surface area contributed by atoms with Gasteiger partial charge in [-0.2, -0.15) is 0 Å². The van der Waals surface area contributed by atoms with Crippen LogP contribution >= 0.6 is 15.6 Å². The topological polar surface area (TPSA) is 82.1 Å². The van der Waals surface area contributed by atoms with Crippen LogP contribution in [0.4, 0.5) is 0 Å². The summed E-state index contributed by atoms with van der Waals surface area (Å²) in [5, 5.41) is 9.20. The van der Waals surface area contributed by atoms with E-state index in [-0.39, 0.29) is 26.4 Å². The van der Waals surface area contributed by atoms with Crippen LogP contribution in [-0.4, -0.2) is 44.9 Å². The van der Waals surface area contributed by atoms with Crippen molar-refractivity contribution in [1.29, 1.82) is 0 Å². The van der Waals surface area contributed by atoms with Crippen LogP contribution in [0.2, 0.25) is 0 Å². The van der Waals surface area contributed by atoms with Crippen molar-refractivity contribution < 1.29 is 27.8 Å². The molecule has 0 aliphatic carbocycles. The predicted molar refractivity (Wildman–Crippen MR) is 54.4 cm³/mol. The third-order valence-electron chi connectivity index (χ3n) is 2.10. The van der Waals surface area contributed by atoms with Gasteiger partial charge >= 0.3 is 15.6 Å². The molecule has 1 saturated heterocycles. The molecule has 1 fully saturated rings. The standard InChI is InChI=1S/C7H15O6P2/c1-14(9)11-4-7(3-8)5-12-15(2,10)13-6-7/h8H,3-6H2,1-2H3/q+1. The van der Waals surface area contributed by atoms with Gasteiger partial charge in [-0.05, 0) is 4.57 Å². The van der Waals surface area contributed by atoms with Crippen LogP contribution in [0.25, 0.3) is 0 Å². The van der Waals surface area contributed by atoms with E-state index in [1.54, 1.807) is 0 Å². The van der Waals surface area contributed by atoms with Gasteiger partial charge in [-0.15, -0.1) is 4.52 Å². The van der Waals surface area contributed by atoms with Gasteiger partial charge in [-0.3, -0.25) is 4.57 Å². The van der Waals surface area contributed by atoms with Gasteiger partial charge in [0, 0.05) is 6.66 Å². The minimum Gasteiger partial charge on any atom is -0.396 e. The highest BCUT2D eigenvalue weighted by atomic mass is 31.2. The second kappa shape index (κ2) is 5.00. The highest BCUT2D eigenvalue weighted by molar-refractivity contribution is 7.53. The van der Waals surface area contributed by atoms with Gasteiger partial charge < -0.3 is 14.2 Å². The lowest BCUT2D eigenvalue weighted by molar-refractivity contribution is -0.0435. The maximum atomic E-state index is 11.4. The molecule has 1 N–H and O–H groups in total. The lowest BCUT2D eigenvalue weighted by atomic mass is 9.93. The van der Waals surface area contributed by atoms with E-state index in [2.05, 4.69) is 0 Å². The third kappa shape index (κ3) is 3.91. The number of aliphatic hydroxyl groups excluding tert-OH is 1. The zero-order valence-electron chi connectivity index (χ0n) is 8.71. The largest absolute Gasteiger partial charge is 0.504 e. The normalized spacial score (nSPS) is 37.7. The van der Waals surface area contributed by atoms with Crippen molar-refractivity contribution in [2.24, 2.45) is 5.41 Å². The molecule has 6 nitrogen and oxygen atoms in total. The molecule has 15 heavy (non-hydrogen) atoms. The fourth-order valence-electron chi connectivity index (χ4n) is 1.04. The minimum absolute atomic E-state index is 0.0647. The zero-order chi connectivity index (χ0) is 11.5. The molecule has 0 aromatic rings. The molecule has 0 aromatic heterocycles. The SMILES string of the molecule is C[P+](=O)OCC1(CO)COP(C)(=O)OC1. The van der Waals surface area contributed by atoms with Gasteiger partial charge in [0.2, 0.25) is 0 Å². The van der Waals surface area contributed by atoms with Crippen molar-refractivity contribution in [3.63, 3.8) is 0 Å². The third-order valence-corrected chi connectivity index (χ3v) is 3.79. The number of hydrogen-bond acceptors (Lipinski definition) is 6. The lowest BCUT2D eigenvalue weighted by Crippen LogP contribution is -2.42. The Morgan fingerprint density at radius 3 is 2.47 bits per heavy atom. The molecule has 0 spiro atoms. The Morgan fingerprint density at radius 1 is 1.53 bits per heavy atom. The number of aliphatic hydroxyl groups is 1. The quantitative estimate of drug-likeness (QED) is 0.762. The van der Waals surface area contributed by atoms with Crippen LogP contribution < -0.4 is 0 Å². The molecule has 0 bridgehead atoms. The molecule has 0 radical (unpaired) electrons. The van der Waals surface area contributed by atoms with Crippen LogP contribution in [0.15, 0.2) is 0 Å². The Bertz CT molecular complexity index is 274. The minimum atomic E-state index is -2.97. The number of hydrogen-bond donors (Lipinski definition) is 1. The highest BCUT2D eigenvalue weighted by Crippen LogP contribution is 2.50. The van der Waals surface area contributed by atoms with E-state index in [1.807, 2.05) is 0 Å². The molecule has 1 unspecified atom stereocenters. The Labute approximate surface area is 89.3 Å². The average Bonchev–Trinajstić information content (AvgIpc) is 2.17. The summed E-state index contributed by atoms with van der Waals surface area (Å²) in [5.74, 6) is 0. The van der Waals surface area contributed by atoms with Crippen molar-refractivity contribution in [2.75, 3.05) is 39.8 Å². The van der Waals surface area contributed by atoms with Gasteiger partial charge in [0.1, 0.15) is 6.61 Å². The van der Waals surface area contributed by atoms with E-state index in [4.69, 9.17) is 13.6 Å². The summed E-state index contributed by atoms with van der Waals surface area (Å²) in [7, 11) is -4.69. The van der Waals surface area contributed by atoms with Crippen molar-refractivity contribution in [1.82, 2.24) is 0 Å². The summed E-state index contributed by atoms with van der Waals surface area (Å²) in [4.78, 5) is 0. The van der Waals surface area contributed by atoms with E-state index in [0.29, 0.717) is 0 Å². The van der Waals surface area contributed by atoms with Crippen LogP contribution in [0, 0.1) is 5.41 Å². The molecule has 1 aliphatic rings. The van der Waals surface area contributed by atoms with Crippen molar-refractivity contribution in [3.8, 4) is 0 Å². The fourth-order valence-corrected chi connectivity index (χ4v) is 2.58. The maximum absolute atomic E-state index is 11.4. The molecule has 8 heteroatoms. The maximum Gasteiger partial charge on any atom is 0.504 e. The highest BCUT2D eigenvalue weighted by Gasteiger charge is 2.41. The molecule has 88 valence electrons. The van der Waals surface area contributed by atoms with Gasteiger partial charge in [0.15, 0.2) is 6.66 Å². The monoisotopic (exact) mass is 257 g/mol. The Hall–Kier alpha value is 0.170. The summed E-state index contributed by atoms with van der Waals surface area (Å²) in [5.41, 5.74) is -0.759. The van der Waals surface area contributed by atoms with Crippen molar-refractivity contribution in [2.45, 2.75) is 0 Å². The molecular weight excluding hydrogens is 242 g/mol. The smallest absolute Gasteiger partial charge is 0.396 e. The first-order valence-corrected chi connectivity index (χ1v) is 8.02. The van der Waals surface area contributed by atoms with E-state index in [1.165, 1.54) is 13.3 Å². The molecule has 1 aliphatic heterocycles. The second-order valence-electron chi connectivity index (χ2n) is 3.69. The molecule has 1 rings (SSSR count). The van der Waals surface area contributed by atoms with E-state index < -0.39 is 21.0 Å². The molecule has 0 amide bonds. The fraction of sp³-hybridized carbons (Fsp3) is 1.00. The predicted octanol–water partition coefficient (Wildman–Crippen LogP) is 1.22. The summed E-state index contributed by atoms with van der Waals surface area (Å²) < 4.78 is 37.1. The van der Waals surface area contributed by atoms with Crippen LogP contribution in [0.3, 0.4) is 0 Å². The van der Waals surface area contributed by atoms with Gasteiger partial charge in [-0.1, -0.05) is 0 Å². The Morgan fingerprint density at radius 2 is 2.07 bits per heavy atom. The van der Waals surface area contributed by atoms with E-state index in [0.717, 1.165) is 0 Å². The molecule has 1 heterocycles. The van der Waals surface area contributed by atoms with Crippen LogP contribution in [0.1, 0.15) is 0 Å². The summed E-state index contributed by atoms with van der Waals surface area (Å²) in [6.45, 7) is 2.80. The van der Waals surface area contributed by atoms with Gasteiger partial charge in [-0.25, -0.2) is 0 Å². The summed E-state index contributed by atoms with van der Waals surface area (Å²) >= 11 is 0. The lowest BCUT2D eigenvalue weighted by Gasteiger charge is -2.35. The van der Waals surface area contributed by atoms with Gasteiger partial charge in [0.25, 0.3) is 0 Å². The first-order chi connectivity index (χ1) is 6.89. The Kier molecular flexibility index (Phi) is 4.41. The van der Waals surface area contributed by atoms with Crippen LogP contribution in [0.5, 0.6) is 0 Å². The van der Waals surface area contributed by atoms with Crippen LogP contribution in [-0.2, 0) is 22.7 Å². The second-order valence-corrected chi connectivity index (χ2v) is 6.89. The Balaban J connectivity index is 2.56. The zero-order valence-corrected chi connectivity index (χ0v) is 10.5. The molecule has 0 saturated carbocycles. The number of rotatable bonds is 4. The molecule has 1 atom stereocenters. The molecular formula is C7H15O6P2+. The van der Waals surface area contributed by atoms with Gasteiger partial charge in [0.05, 0.1) is 25.2 Å².